The molecule has 1 aliphatic heterocycles. The van der Waals surface area contributed by atoms with E-state index in [0.717, 1.165) is 18.0 Å². The van der Waals surface area contributed by atoms with Gasteiger partial charge in [0.15, 0.2) is 0 Å². The van der Waals surface area contributed by atoms with E-state index in [4.69, 9.17) is 0 Å². The SMILES string of the molecule is CC(=O)N1CCN(c2ccc(NC(=O)Cc3cnc(-c4ccnc(C(F)(F)F)c4)c(C)c3)nc2)CC1. The molecular formula is C25H25F3N6O2. The summed E-state index contributed by atoms with van der Waals surface area (Å²) in [5, 5.41) is 2.75. The van der Waals surface area contributed by atoms with Crippen LogP contribution in [-0.2, 0) is 22.2 Å². The fraction of sp³-hybridized carbons (Fsp3) is 0.320. The fourth-order valence-electron chi connectivity index (χ4n) is 4.06. The summed E-state index contributed by atoms with van der Waals surface area (Å²) in [6, 6.07) is 7.75. The molecule has 0 radical (unpaired) electrons. The van der Waals surface area contributed by atoms with Crippen LogP contribution in [0.25, 0.3) is 11.3 Å². The lowest BCUT2D eigenvalue weighted by atomic mass is 10.0. The standard InChI is InChI=1S/C25H25F3N6O2/c1-16-11-18(14-31-24(16)19-5-6-29-21(13-19)25(26,27)28)12-23(36)32-22-4-3-20(15-30-22)34-9-7-33(8-10-34)17(2)35/h3-6,11,13-15H,7-10,12H2,1-2H3,(H,30,32,36). The summed E-state index contributed by atoms with van der Waals surface area (Å²) < 4.78 is 38.9. The molecule has 3 aromatic heterocycles. The number of nitrogens with zero attached hydrogens (tertiary/aromatic N) is 5. The van der Waals surface area contributed by atoms with Gasteiger partial charge < -0.3 is 15.1 Å². The zero-order valence-corrected chi connectivity index (χ0v) is 19.8. The first kappa shape index (κ1) is 25.1. The lowest BCUT2D eigenvalue weighted by Gasteiger charge is -2.35. The number of pyridine rings is 3. The summed E-state index contributed by atoms with van der Waals surface area (Å²) in [5.41, 5.74) is 1.90. The monoisotopic (exact) mass is 498 g/mol. The molecule has 1 saturated heterocycles. The summed E-state index contributed by atoms with van der Waals surface area (Å²) in [5.74, 6) is 0.185. The van der Waals surface area contributed by atoms with Gasteiger partial charge in [0.2, 0.25) is 11.8 Å². The van der Waals surface area contributed by atoms with Gasteiger partial charge in [-0.25, -0.2) is 4.98 Å². The zero-order chi connectivity index (χ0) is 25.9. The molecule has 1 fully saturated rings. The number of halogens is 3. The van der Waals surface area contributed by atoms with Crippen LogP contribution in [0.1, 0.15) is 23.7 Å². The molecule has 188 valence electrons. The second-order valence-corrected chi connectivity index (χ2v) is 8.56. The molecule has 0 atom stereocenters. The van der Waals surface area contributed by atoms with Crippen LogP contribution < -0.4 is 10.2 Å². The number of hydrogen-bond donors (Lipinski definition) is 1. The Bertz CT molecular complexity index is 1260. The van der Waals surface area contributed by atoms with E-state index in [0.29, 0.717) is 54.4 Å². The molecule has 36 heavy (non-hydrogen) atoms. The van der Waals surface area contributed by atoms with Crippen molar-refractivity contribution in [3.8, 4) is 11.3 Å². The van der Waals surface area contributed by atoms with Gasteiger partial charge in [0, 0.05) is 51.1 Å². The molecule has 3 aromatic rings. The maximum Gasteiger partial charge on any atom is 0.433 e. The first-order valence-corrected chi connectivity index (χ1v) is 11.4. The van der Waals surface area contributed by atoms with Crippen LogP contribution >= 0.6 is 0 Å². The molecule has 0 saturated carbocycles. The van der Waals surface area contributed by atoms with Crippen LogP contribution in [0.5, 0.6) is 0 Å². The highest BCUT2D eigenvalue weighted by Gasteiger charge is 2.32. The highest BCUT2D eigenvalue weighted by atomic mass is 19.4. The molecule has 4 heterocycles. The number of carbonyl (C=O) groups excluding carboxylic acids is 2. The van der Waals surface area contributed by atoms with Gasteiger partial charge >= 0.3 is 6.18 Å². The van der Waals surface area contributed by atoms with Gasteiger partial charge in [0.1, 0.15) is 11.5 Å². The number of aromatic nitrogens is 3. The number of alkyl halides is 3. The maximum absolute atomic E-state index is 13.0. The summed E-state index contributed by atoms with van der Waals surface area (Å²) in [6.45, 7) is 6.04. The van der Waals surface area contributed by atoms with Gasteiger partial charge in [0.25, 0.3) is 0 Å². The van der Waals surface area contributed by atoms with E-state index in [1.54, 1.807) is 37.1 Å². The van der Waals surface area contributed by atoms with E-state index < -0.39 is 11.9 Å². The van der Waals surface area contributed by atoms with E-state index in [2.05, 4.69) is 25.2 Å². The molecule has 0 aromatic carbocycles. The number of hydrogen-bond acceptors (Lipinski definition) is 6. The second kappa shape index (κ2) is 10.3. The number of carbonyl (C=O) groups is 2. The minimum Gasteiger partial charge on any atom is -0.367 e. The minimum atomic E-state index is -4.54. The molecule has 4 rings (SSSR count). The summed E-state index contributed by atoms with van der Waals surface area (Å²) in [6.07, 6.45) is -0.241. The van der Waals surface area contributed by atoms with Crippen molar-refractivity contribution in [1.29, 1.82) is 0 Å². The zero-order valence-electron chi connectivity index (χ0n) is 19.8. The van der Waals surface area contributed by atoms with Crippen molar-refractivity contribution in [3.63, 3.8) is 0 Å². The smallest absolute Gasteiger partial charge is 0.367 e. The molecule has 1 N–H and O–H groups in total. The lowest BCUT2D eigenvalue weighted by Crippen LogP contribution is -2.48. The Balaban J connectivity index is 1.36. The number of aryl methyl sites for hydroxylation is 1. The molecule has 0 aliphatic carbocycles. The molecule has 8 nitrogen and oxygen atoms in total. The van der Waals surface area contributed by atoms with E-state index in [-0.39, 0.29) is 18.2 Å². The van der Waals surface area contributed by atoms with Gasteiger partial charge in [-0.3, -0.25) is 19.6 Å². The third-order valence-electron chi connectivity index (χ3n) is 5.93. The fourth-order valence-corrected chi connectivity index (χ4v) is 4.06. The van der Waals surface area contributed by atoms with Crippen molar-refractivity contribution in [2.75, 3.05) is 36.4 Å². The van der Waals surface area contributed by atoms with Crippen LogP contribution in [0.15, 0.2) is 48.9 Å². The van der Waals surface area contributed by atoms with Crippen LogP contribution in [0.4, 0.5) is 24.7 Å². The molecular weight excluding hydrogens is 473 g/mol. The van der Waals surface area contributed by atoms with Gasteiger partial charge in [-0.05, 0) is 42.3 Å². The van der Waals surface area contributed by atoms with Crippen molar-refractivity contribution in [3.05, 3.63) is 65.7 Å². The summed E-state index contributed by atoms with van der Waals surface area (Å²) in [7, 11) is 0. The number of rotatable bonds is 5. The Hall–Kier alpha value is -4.02. The van der Waals surface area contributed by atoms with E-state index in [9.17, 15) is 22.8 Å². The van der Waals surface area contributed by atoms with Crippen molar-refractivity contribution >= 4 is 23.3 Å². The lowest BCUT2D eigenvalue weighted by molar-refractivity contribution is -0.141. The predicted molar refractivity (Wildman–Crippen MR) is 128 cm³/mol. The highest BCUT2D eigenvalue weighted by molar-refractivity contribution is 5.91. The maximum atomic E-state index is 13.0. The Morgan fingerprint density at radius 2 is 1.75 bits per heavy atom. The van der Waals surface area contributed by atoms with Crippen LogP contribution in [-0.4, -0.2) is 57.8 Å². The first-order chi connectivity index (χ1) is 17.1. The average Bonchev–Trinajstić information content (AvgIpc) is 2.84. The summed E-state index contributed by atoms with van der Waals surface area (Å²) >= 11 is 0. The molecule has 1 aliphatic rings. The predicted octanol–water partition coefficient (Wildman–Crippen LogP) is 3.72. The quantitative estimate of drug-likeness (QED) is 0.577. The minimum absolute atomic E-state index is 0.0364. The number of piperazine rings is 1. The largest absolute Gasteiger partial charge is 0.433 e. The third kappa shape index (κ3) is 5.96. The number of nitrogens with one attached hydrogen (secondary N) is 1. The number of amides is 2. The van der Waals surface area contributed by atoms with E-state index >= 15 is 0 Å². The van der Waals surface area contributed by atoms with Crippen molar-refractivity contribution < 1.29 is 22.8 Å². The molecule has 0 unspecified atom stereocenters. The molecule has 2 amide bonds. The van der Waals surface area contributed by atoms with Gasteiger partial charge in [-0.2, -0.15) is 13.2 Å². The highest BCUT2D eigenvalue weighted by Crippen LogP contribution is 2.31. The van der Waals surface area contributed by atoms with Crippen LogP contribution in [0, 0.1) is 6.92 Å². The summed E-state index contributed by atoms with van der Waals surface area (Å²) in [4.78, 5) is 39.9. The van der Waals surface area contributed by atoms with Crippen molar-refractivity contribution in [1.82, 2.24) is 19.9 Å². The Morgan fingerprint density at radius 1 is 1.00 bits per heavy atom. The normalized spacial score (nSPS) is 14.0. The average molecular weight is 499 g/mol. The topological polar surface area (TPSA) is 91.3 Å². The van der Waals surface area contributed by atoms with E-state index in [1.807, 2.05) is 6.07 Å². The van der Waals surface area contributed by atoms with Gasteiger partial charge in [-0.15, -0.1) is 0 Å². The third-order valence-corrected chi connectivity index (χ3v) is 5.93. The van der Waals surface area contributed by atoms with E-state index in [1.165, 1.54) is 12.3 Å². The number of anilines is 2. The van der Waals surface area contributed by atoms with Crippen molar-refractivity contribution in [2.24, 2.45) is 0 Å². The van der Waals surface area contributed by atoms with Gasteiger partial charge in [0.05, 0.1) is 24.0 Å². The Labute approximate surface area is 206 Å². The Kier molecular flexibility index (Phi) is 7.18. The first-order valence-electron chi connectivity index (χ1n) is 11.4. The molecule has 0 spiro atoms. The Morgan fingerprint density at radius 3 is 2.36 bits per heavy atom. The molecule has 11 heteroatoms. The molecule has 0 bridgehead atoms. The second-order valence-electron chi connectivity index (χ2n) is 8.56. The van der Waals surface area contributed by atoms with Crippen LogP contribution in [0.3, 0.4) is 0 Å². The van der Waals surface area contributed by atoms with Gasteiger partial charge in [-0.1, -0.05) is 6.07 Å². The van der Waals surface area contributed by atoms with Crippen molar-refractivity contribution in [2.45, 2.75) is 26.4 Å². The van der Waals surface area contributed by atoms with Crippen LogP contribution in [0.2, 0.25) is 0 Å².